The van der Waals surface area contributed by atoms with Gasteiger partial charge in [0.05, 0.1) is 20.0 Å². The van der Waals surface area contributed by atoms with Gasteiger partial charge in [-0.25, -0.2) is 13.1 Å². The van der Waals surface area contributed by atoms with Crippen molar-refractivity contribution >= 4 is 10.0 Å². The van der Waals surface area contributed by atoms with Crippen LogP contribution in [-0.4, -0.2) is 34.9 Å². The average Bonchev–Trinajstić information content (AvgIpc) is 2.38. The molecule has 0 bridgehead atoms. The van der Waals surface area contributed by atoms with Crippen molar-refractivity contribution in [3.8, 4) is 11.5 Å². The Balaban J connectivity index is 2.63. The van der Waals surface area contributed by atoms with Crippen LogP contribution >= 0.6 is 0 Å². The largest absolute Gasteiger partial charge is 0.497 e. The second-order valence-corrected chi connectivity index (χ2v) is 6.07. The van der Waals surface area contributed by atoms with E-state index in [0.29, 0.717) is 30.9 Å². The van der Waals surface area contributed by atoms with Crippen molar-refractivity contribution in [2.24, 2.45) is 0 Å². The van der Waals surface area contributed by atoms with Crippen LogP contribution < -0.4 is 14.2 Å². The summed E-state index contributed by atoms with van der Waals surface area (Å²) >= 11 is 0. The Bertz CT molecular complexity index is 499. The maximum absolute atomic E-state index is 11.5. The molecule has 108 valence electrons. The topological polar surface area (TPSA) is 64.6 Å². The molecule has 1 aromatic rings. The first kappa shape index (κ1) is 15.8. The summed E-state index contributed by atoms with van der Waals surface area (Å²) in [5.41, 5.74) is 0.947. The van der Waals surface area contributed by atoms with Crippen LogP contribution in [0.3, 0.4) is 0 Å². The Kier molecular flexibility index (Phi) is 6.11. The summed E-state index contributed by atoms with van der Waals surface area (Å²) in [6.45, 7) is 2.21. The van der Waals surface area contributed by atoms with Crippen LogP contribution in [-0.2, 0) is 16.4 Å². The molecule has 0 aliphatic rings. The van der Waals surface area contributed by atoms with Gasteiger partial charge in [0.15, 0.2) is 0 Å². The Morgan fingerprint density at radius 2 is 1.95 bits per heavy atom. The molecule has 0 amide bonds. The molecular weight excluding hydrogens is 266 g/mol. The lowest BCUT2D eigenvalue weighted by molar-refractivity contribution is 0.391. The normalized spacial score (nSPS) is 11.3. The number of sulfonamides is 1. The zero-order valence-corrected chi connectivity index (χ0v) is 12.4. The van der Waals surface area contributed by atoms with E-state index in [9.17, 15) is 8.42 Å². The first-order valence-electron chi connectivity index (χ1n) is 6.20. The fourth-order valence-electron chi connectivity index (χ4n) is 1.74. The average molecular weight is 287 g/mol. The number of ether oxygens (including phenoxy) is 2. The van der Waals surface area contributed by atoms with Gasteiger partial charge in [-0.1, -0.05) is 13.0 Å². The standard InChI is InChI=1S/C13H21NO4S/c1-4-9-19(15,16)14-8-7-11-5-6-12(17-2)10-13(11)18-3/h5-6,10,14H,4,7-9H2,1-3H3. The van der Waals surface area contributed by atoms with Crippen LogP contribution in [0.2, 0.25) is 0 Å². The first-order chi connectivity index (χ1) is 9.02. The molecule has 19 heavy (non-hydrogen) atoms. The molecule has 0 spiro atoms. The molecular formula is C13H21NO4S. The number of benzene rings is 1. The van der Waals surface area contributed by atoms with Gasteiger partial charge >= 0.3 is 0 Å². The van der Waals surface area contributed by atoms with E-state index in [0.717, 1.165) is 5.56 Å². The van der Waals surface area contributed by atoms with Crippen molar-refractivity contribution in [1.82, 2.24) is 4.72 Å². The first-order valence-corrected chi connectivity index (χ1v) is 7.86. The summed E-state index contributed by atoms with van der Waals surface area (Å²) in [7, 11) is 0.0238. The van der Waals surface area contributed by atoms with Crippen LogP contribution in [0.4, 0.5) is 0 Å². The summed E-state index contributed by atoms with van der Waals surface area (Å²) in [5, 5.41) is 0. The number of methoxy groups -OCH3 is 2. The van der Waals surface area contributed by atoms with E-state index in [2.05, 4.69) is 4.72 Å². The van der Waals surface area contributed by atoms with Crippen LogP contribution in [0.25, 0.3) is 0 Å². The smallest absolute Gasteiger partial charge is 0.211 e. The van der Waals surface area contributed by atoms with Gasteiger partial charge in [-0.15, -0.1) is 0 Å². The van der Waals surface area contributed by atoms with Crippen LogP contribution in [0.15, 0.2) is 18.2 Å². The summed E-state index contributed by atoms with van der Waals surface area (Å²) in [5.74, 6) is 1.58. The molecule has 0 saturated heterocycles. The van der Waals surface area contributed by atoms with E-state index in [1.807, 2.05) is 19.1 Å². The lowest BCUT2D eigenvalue weighted by Gasteiger charge is -2.11. The highest BCUT2D eigenvalue weighted by Gasteiger charge is 2.09. The van der Waals surface area contributed by atoms with E-state index in [4.69, 9.17) is 9.47 Å². The highest BCUT2D eigenvalue weighted by molar-refractivity contribution is 7.89. The maximum atomic E-state index is 11.5. The SMILES string of the molecule is CCCS(=O)(=O)NCCc1ccc(OC)cc1OC. The van der Waals surface area contributed by atoms with Gasteiger partial charge in [0.2, 0.25) is 10.0 Å². The Morgan fingerprint density at radius 3 is 2.53 bits per heavy atom. The molecule has 0 aromatic heterocycles. The second kappa shape index (κ2) is 7.35. The third-order valence-corrected chi connectivity index (χ3v) is 4.27. The molecule has 0 saturated carbocycles. The zero-order chi connectivity index (χ0) is 14.3. The van der Waals surface area contributed by atoms with E-state index >= 15 is 0 Å². The van der Waals surface area contributed by atoms with E-state index in [1.165, 1.54) is 0 Å². The Hall–Kier alpha value is -1.27. The Morgan fingerprint density at radius 1 is 1.21 bits per heavy atom. The predicted molar refractivity (Wildman–Crippen MR) is 75.3 cm³/mol. The molecule has 0 heterocycles. The van der Waals surface area contributed by atoms with Crippen molar-refractivity contribution in [3.63, 3.8) is 0 Å². The van der Waals surface area contributed by atoms with Crippen LogP contribution in [0.1, 0.15) is 18.9 Å². The maximum Gasteiger partial charge on any atom is 0.211 e. The molecule has 5 nitrogen and oxygen atoms in total. The molecule has 0 fully saturated rings. The summed E-state index contributed by atoms with van der Waals surface area (Å²) < 4.78 is 36.0. The number of hydrogen-bond acceptors (Lipinski definition) is 4. The van der Waals surface area contributed by atoms with Gasteiger partial charge in [-0.2, -0.15) is 0 Å². The number of hydrogen-bond donors (Lipinski definition) is 1. The lowest BCUT2D eigenvalue weighted by atomic mass is 10.1. The fraction of sp³-hybridized carbons (Fsp3) is 0.538. The molecule has 0 atom stereocenters. The summed E-state index contributed by atoms with van der Waals surface area (Å²) in [6.07, 6.45) is 1.19. The molecule has 6 heteroatoms. The minimum absolute atomic E-state index is 0.159. The zero-order valence-electron chi connectivity index (χ0n) is 11.6. The molecule has 1 N–H and O–H groups in total. The number of nitrogens with one attached hydrogen (secondary N) is 1. The molecule has 1 aromatic carbocycles. The molecule has 0 aliphatic carbocycles. The highest BCUT2D eigenvalue weighted by Crippen LogP contribution is 2.24. The number of rotatable bonds is 8. The third-order valence-electron chi connectivity index (χ3n) is 2.68. The third kappa shape index (κ3) is 5.08. The van der Waals surface area contributed by atoms with Gasteiger partial charge in [0, 0.05) is 12.6 Å². The molecule has 0 radical (unpaired) electrons. The summed E-state index contributed by atoms with van der Waals surface area (Å²) in [4.78, 5) is 0. The van der Waals surface area contributed by atoms with Gasteiger partial charge < -0.3 is 9.47 Å². The minimum Gasteiger partial charge on any atom is -0.497 e. The van der Waals surface area contributed by atoms with E-state index in [1.54, 1.807) is 20.3 Å². The quantitative estimate of drug-likeness (QED) is 0.788. The van der Waals surface area contributed by atoms with Crippen molar-refractivity contribution in [2.45, 2.75) is 19.8 Å². The van der Waals surface area contributed by atoms with E-state index in [-0.39, 0.29) is 5.75 Å². The van der Waals surface area contributed by atoms with Crippen LogP contribution in [0, 0.1) is 0 Å². The van der Waals surface area contributed by atoms with Gasteiger partial charge in [-0.3, -0.25) is 0 Å². The van der Waals surface area contributed by atoms with Crippen molar-refractivity contribution in [1.29, 1.82) is 0 Å². The van der Waals surface area contributed by atoms with Gasteiger partial charge in [0.25, 0.3) is 0 Å². The molecule has 0 unspecified atom stereocenters. The fourth-order valence-corrected chi connectivity index (χ4v) is 2.84. The van der Waals surface area contributed by atoms with Gasteiger partial charge in [0.1, 0.15) is 11.5 Å². The highest BCUT2D eigenvalue weighted by atomic mass is 32.2. The molecule has 1 rings (SSSR count). The Labute approximate surface area is 115 Å². The monoisotopic (exact) mass is 287 g/mol. The predicted octanol–water partition coefficient (Wildman–Crippen LogP) is 1.58. The van der Waals surface area contributed by atoms with Crippen molar-refractivity contribution in [3.05, 3.63) is 23.8 Å². The lowest BCUT2D eigenvalue weighted by Crippen LogP contribution is -2.28. The minimum atomic E-state index is -3.15. The molecule has 0 aliphatic heterocycles. The van der Waals surface area contributed by atoms with E-state index < -0.39 is 10.0 Å². The van der Waals surface area contributed by atoms with Gasteiger partial charge in [-0.05, 0) is 24.5 Å². The second-order valence-electron chi connectivity index (χ2n) is 4.14. The summed E-state index contributed by atoms with van der Waals surface area (Å²) in [6, 6.07) is 5.50. The van der Waals surface area contributed by atoms with Crippen LogP contribution in [0.5, 0.6) is 11.5 Å². The van der Waals surface area contributed by atoms with Crippen molar-refractivity contribution < 1.29 is 17.9 Å². The van der Waals surface area contributed by atoms with Crippen molar-refractivity contribution in [2.75, 3.05) is 26.5 Å².